The summed E-state index contributed by atoms with van der Waals surface area (Å²) in [6, 6.07) is 8.26. The zero-order chi connectivity index (χ0) is 13.1. The van der Waals surface area contributed by atoms with Crippen LogP contribution in [0.15, 0.2) is 24.3 Å². The quantitative estimate of drug-likeness (QED) is 0.907. The molecule has 2 rings (SSSR count). The molecule has 1 aliphatic rings. The number of halogens is 2. The maximum Gasteiger partial charge on any atom is 0.237 e. The molecule has 3 nitrogen and oxygen atoms in total. The summed E-state index contributed by atoms with van der Waals surface area (Å²) in [7, 11) is 1.80. The van der Waals surface area contributed by atoms with Gasteiger partial charge in [0.1, 0.15) is 0 Å². The summed E-state index contributed by atoms with van der Waals surface area (Å²) >= 11 is 5.89. The Labute approximate surface area is 125 Å². The first-order valence-electron chi connectivity index (χ1n) is 6.34. The van der Waals surface area contributed by atoms with E-state index in [-0.39, 0.29) is 24.4 Å². The third-order valence-electron chi connectivity index (χ3n) is 3.33. The molecule has 1 unspecified atom stereocenters. The number of amides is 1. The van der Waals surface area contributed by atoms with E-state index in [4.69, 9.17) is 11.6 Å². The topological polar surface area (TPSA) is 32.3 Å². The van der Waals surface area contributed by atoms with Crippen LogP contribution in [-0.4, -0.2) is 30.4 Å². The van der Waals surface area contributed by atoms with Crippen LogP contribution in [0, 0.1) is 0 Å². The summed E-state index contributed by atoms with van der Waals surface area (Å²) in [5, 5.41) is 3.66. The maximum absolute atomic E-state index is 12.1. The van der Waals surface area contributed by atoms with Crippen LogP contribution < -0.4 is 5.32 Å². The van der Waals surface area contributed by atoms with E-state index in [0.717, 1.165) is 23.4 Å². The van der Waals surface area contributed by atoms with E-state index in [1.807, 2.05) is 29.2 Å². The van der Waals surface area contributed by atoms with Crippen molar-refractivity contribution in [2.45, 2.75) is 31.8 Å². The highest BCUT2D eigenvalue weighted by atomic mass is 35.5. The fourth-order valence-electron chi connectivity index (χ4n) is 2.23. The van der Waals surface area contributed by atoms with Gasteiger partial charge >= 0.3 is 0 Å². The van der Waals surface area contributed by atoms with E-state index in [9.17, 15) is 4.79 Å². The van der Waals surface area contributed by atoms with Gasteiger partial charge < -0.3 is 10.2 Å². The molecule has 0 aliphatic heterocycles. The van der Waals surface area contributed by atoms with Gasteiger partial charge in [0, 0.05) is 11.1 Å². The van der Waals surface area contributed by atoms with Crippen LogP contribution in [0.4, 0.5) is 0 Å². The molecule has 1 atom stereocenters. The number of nitrogens with zero attached hydrogens (tertiary/aromatic N) is 1. The lowest BCUT2D eigenvalue weighted by atomic mass is 10.1. The molecule has 0 bridgehead atoms. The summed E-state index contributed by atoms with van der Waals surface area (Å²) in [5.41, 5.74) is 1.13. The van der Waals surface area contributed by atoms with Gasteiger partial charge in [-0.3, -0.25) is 4.79 Å². The third kappa shape index (κ3) is 4.10. The molecule has 0 heterocycles. The van der Waals surface area contributed by atoms with Crippen LogP contribution in [0.3, 0.4) is 0 Å². The van der Waals surface area contributed by atoms with Crippen LogP contribution in [0.2, 0.25) is 5.02 Å². The second-order valence-corrected chi connectivity index (χ2v) is 5.23. The van der Waals surface area contributed by atoms with Gasteiger partial charge in [-0.1, -0.05) is 23.7 Å². The van der Waals surface area contributed by atoms with Crippen molar-refractivity contribution >= 4 is 29.9 Å². The standard InChI is InChI=1S/C14H19ClN2O.ClH/c1-10(11-3-5-12(15)6-4-11)17(13-7-8-13)14(18)9-16-2;/h3-6,10,13,16H,7-9H2,1-2H3;1H. The molecule has 1 saturated carbocycles. The highest BCUT2D eigenvalue weighted by molar-refractivity contribution is 6.30. The fraction of sp³-hybridized carbons (Fsp3) is 0.500. The molecule has 1 aliphatic carbocycles. The molecule has 5 heteroatoms. The van der Waals surface area contributed by atoms with Gasteiger partial charge in [-0.05, 0) is 44.5 Å². The first-order chi connectivity index (χ1) is 8.63. The van der Waals surface area contributed by atoms with E-state index in [0.29, 0.717) is 12.6 Å². The van der Waals surface area contributed by atoms with Crippen LogP contribution in [0.1, 0.15) is 31.4 Å². The van der Waals surface area contributed by atoms with Crippen LogP contribution in [-0.2, 0) is 4.79 Å². The highest BCUT2D eigenvalue weighted by Gasteiger charge is 2.35. The average Bonchev–Trinajstić information content (AvgIpc) is 3.15. The first kappa shape index (κ1) is 16.3. The van der Waals surface area contributed by atoms with Crippen molar-refractivity contribution in [3.05, 3.63) is 34.9 Å². The molecule has 19 heavy (non-hydrogen) atoms. The number of nitrogens with one attached hydrogen (secondary N) is 1. The monoisotopic (exact) mass is 302 g/mol. The second kappa shape index (κ2) is 7.13. The molecular formula is C14H20Cl2N2O. The highest BCUT2D eigenvalue weighted by Crippen LogP contribution is 2.34. The number of carbonyl (C=O) groups is 1. The lowest BCUT2D eigenvalue weighted by Gasteiger charge is -2.30. The summed E-state index contributed by atoms with van der Waals surface area (Å²) < 4.78 is 0. The summed E-state index contributed by atoms with van der Waals surface area (Å²) in [5.74, 6) is 0.169. The molecule has 1 aromatic carbocycles. The van der Waals surface area contributed by atoms with Crippen LogP contribution >= 0.6 is 24.0 Å². The predicted octanol–water partition coefficient (Wildman–Crippen LogP) is 3.03. The van der Waals surface area contributed by atoms with Crippen molar-refractivity contribution in [3.63, 3.8) is 0 Å². The molecule has 0 radical (unpaired) electrons. The van der Waals surface area contributed by atoms with Gasteiger partial charge in [0.25, 0.3) is 0 Å². The fourth-order valence-corrected chi connectivity index (χ4v) is 2.36. The lowest BCUT2D eigenvalue weighted by Crippen LogP contribution is -2.40. The molecule has 1 aromatic rings. The van der Waals surface area contributed by atoms with E-state index in [1.165, 1.54) is 0 Å². The van der Waals surface area contributed by atoms with E-state index < -0.39 is 0 Å². The molecule has 106 valence electrons. The Balaban J connectivity index is 0.00000180. The molecule has 0 saturated heterocycles. The van der Waals surface area contributed by atoms with Gasteiger partial charge in [0.2, 0.25) is 5.91 Å². The third-order valence-corrected chi connectivity index (χ3v) is 3.58. The summed E-state index contributed by atoms with van der Waals surface area (Å²) in [4.78, 5) is 14.1. The van der Waals surface area contributed by atoms with Gasteiger partial charge in [-0.2, -0.15) is 0 Å². The number of carbonyl (C=O) groups excluding carboxylic acids is 1. The molecule has 0 spiro atoms. The number of likely N-dealkylation sites (N-methyl/N-ethyl adjacent to an activating group) is 1. The number of hydrogen-bond donors (Lipinski definition) is 1. The molecule has 1 fully saturated rings. The number of rotatable bonds is 5. The Hall–Kier alpha value is -0.770. The average molecular weight is 303 g/mol. The first-order valence-corrected chi connectivity index (χ1v) is 6.72. The molecule has 1 amide bonds. The minimum Gasteiger partial charge on any atom is -0.332 e. The molecule has 0 aromatic heterocycles. The summed E-state index contributed by atoms with van der Waals surface area (Å²) in [6.45, 7) is 2.48. The predicted molar refractivity (Wildman–Crippen MR) is 80.9 cm³/mol. The molecular weight excluding hydrogens is 283 g/mol. The maximum atomic E-state index is 12.1. The molecule has 1 N–H and O–H groups in total. The Morgan fingerprint density at radius 1 is 1.42 bits per heavy atom. The van der Waals surface area contributed by atoms with E-state index >= 15 is 0 Å². The van der Waals surface area contributed by atoms with Gasteiger partial charge in [0.05, 0.1) is 12.6 Å². The minimum absolute atomic E-state index is 0. The van der Waals surface area contributed by atoms with Crippen molar-refractivity contribution in [3.8, 4) is 0 Å². The Morgan fingerprint density at radius 2 is 2.00 bits per heavy atom. The van der Waals surface area contributed by atoms with Gasteiger partial charge in [-0.15, -0.1) is 12.4 Å². The Morgan fingerprint density at radius 3 is 2.47 bits per heavy atom. The SMILES string of the molecule is CNCC(=O)N(C1CC1)C(C)c1ccc(Cl)cc1.Cl. The van der Waals surface area contributed by atoms with Crippen molar-refractivity contribution in [2.75, 3.05) is 13.6 Å². The van der Waals surface area contributed by atoms with Crippen LogP contribution in [0.5, 0.6) is 0 Å². The zero-order valence-electron chi connectivity index (χ0n) is 11.2. The lowest BCUT2D eigenvalue weighted by molar-refractivity contribution is -0.133. The second-order valence-electron chi connectivity index (χ2n) is 4.79. The number of benzene rings is 1. The summed E-state index contributed by atoms with van der Waals surface area (Å²) in [6.07, 6.45) is 2.24. The smallest absolute Gasteiger partial charge is 0.237 e. The van der Waals surface area contributed by atoms with E-state index in [2.05, 4.69) is 12.2 Å². The Bertz CT molecular complexity index is 418. The zero-order valence-corrected chi connectivity index (χ0v) is 12.8. The Kier molecular flexibility index (Phi) is 6.11. The number of hydrogen-bond acceptors (Lipinski definition) is 2. The van der Waals surface area contributed by atoms with Crippen molar-refractivity contribution in [1.82, 2.24) is 10.2 Å². The largest absolute Gasteiger partial charge is 0.332 e. The van der Waals surface area contributed by atoms with Gasteiger partial charge in [0.15, 0.2) is 0 Å². The van der Waals surface area contributed by atoms with Gasteiger partial charge in [-0.25, -0.2) is 0 Å². The van der Waals surface area contributed by atoms with Crippen molar-refractivity contribution in [2.24, 2.45) is 0 Å². The van der Waals surface area contributed by atoms with Crippen LogP contribution in [0.25, 0.3) is 0 Å². The normalized spacial score (nSPS) is 15.5. The van der Waals surface area contributed by atoms with E-state index in [1.54, 1.807) is 7.05 Å². The minimum atomic E-state index is 0. The van der Waals surface area contributed by atoms with Crippen molar-refractivity contribution in [1.29, 1.82) is 0 Å². The van der Waals surface area contributed by atoms with Crippen molar-refractivity contribution < 1.29 is 4.79 Å².